The van der Waals surface area contributed by atoms with Crippen LogP contribution in [0.5, 0.6) is 11.5 Å². The van der Waals surface area contributed by atoms with Crippen LogP contribution < -0.4 is 20.1 Å². The molecule has 0 aliphatic carbocycles. The monoisotopic (exact) mass is 312 g/mol. The minimum Gasteiger partial charge on any atom is -0.454 e. The number of ether oxygens (including phenoxy) is 2. The van der Waals surface area contributed by atoms with Gasteiger partial charge in [-0.05, 0) is 37.5 Å². The van der Waals surface area contributed by atoms with Crippen molar-refractivity contribution in [2.75, 3.05) is 30.7 Å². The van der Waals surface area contributed by atoms with Gasteiger partial charge >= 0.3 is 6.03 Å². The van der Waals surface area contributed by atoms with Gasteiger partial charge in [0.15, 0.2) is 11.5 Å². The lowest BCUT2D eigenvalue weighted by atomic mass is 10.0. The zero-order chi connectivity index (χ0) is 15.3. The van der Waals surface area contributed by atoms with Crippen molar-refractivity contribution in [2.45, 2.75) is 18.9 Å². The average molecular weight is 312 g/mol. The van der Waals surface area contributed by atoms with Gasteiger partial charge in [0.05, 0.1) is 5.60 Å². The van der Waals surface area contributed by atoms with E-state index in [9.17, 15) is 9.90 Å². The molecule has 6 nitrogen and oxygen atoms in total. The van der Waals surface area contributed by atoms with Crippen molar-refractivity contribution in [1.82, 2.24) is 5.32 Å². The van der Waals surface area contributed by atoms with Crippen LogP contribution in [0, 0.1) is 0 Å². The van der Waals surface area contributed by atoms with E-state index in [1.807, 2.05) is 6.26 Å². The Morgan fingerprint density at radius 1 is 1.43 bits per heavy atom. The van der Waals surface area contributed by atoms with E-state index < -0.39 is 5.60 Å². The number of hydrogen-bond acceptors (Lipinski definition) is 5. The van der Waals surface area contributed by atoms with Gasteiger partial charge in [-0.1, -0.05) is 0 Å². The predicted octanol–water partition coefficient (Wildman–Crippen LogP) is 2.04. The molecule has 3 N–H and O–H groups in total. The molecule has 0 aromatic heterocycles. The quantitative estimate of drug-likeness (QED) is 0.749. The summed E-state index contributed by atoms with van der Waals surface area (Å²) in [5, 5.41) is 15.5. The Morgan fingerprint density at radius 3 is 2.95 bits per heavy atom. The van der Waals surface area contributed by atoms with E-state index >= 15 is 0 Å². The van der Waals surface area contributed by atoms with Crippen molar-refractivity contribution in [3.05, 3.63) is 18.2 Å². The third kappa shape index (κ3) is 4.71. The summed E-state index contributed by atoms with van der Waals surface area (Å²) in [6.07, 6.45) is 2.61. The lowest BCUT2D eigenvalue weighted by Crippen LogP contribution is -2.42. The first-order valence-corrected chi connectivity index (χ1v) is 8.05. The van der Waals surface area contributed by atoms with Crippen LogP contribution in [0.2, 0.25) is 0 Å². The van der Waals surface area contributed by atoms with Crippen molar-refractivity contribution < 1.29 is 19.4 Å². The Labute approximate surface area is 128 Å². The van der Waals surface area contributed by atoms with Crippen molar-refractivity contribution >= 4 is 23.5 Å². The van der Waals surface area contributed by atoms with Crippen LogP contribution >= 0.6 is 11.8 Å². The minimum absolute atomic E-state index is 0.198. The molecule has 2 rings (SSSR count). The Morgan fingerprint density at radius 2 is 2.19 bits per heavy atom. The van der Waals surface area contributed by atoms with Gasteiger partial charge in [0.1, 0.15) is 0 Å². The standard InChI is InChI=1S/C14H20N2O4S/c1-14(18,5-6-21-2)8-15-13(17)16-10-3-4-11-12(7-10)20-9-19-11/h3-4,7,18H,5-6,8-9H2,1-2H3,(H2,15,16,17)/t14-/m1/s1. The molecule has 0 fully saturated rings. The summed E-state index contributed by atoms with van der Waals surface area (Å²) < 4.78 is 10.4. The molecule has 0 saturated heterocycles. The van der Waals surface area contributed by atoms with Crippen LogP contribution in [-0.2, 0) is 0 Å². The number of aliphatic hydroxyl groups is 1. The number of carbonyl (C=O) groups is 1. The third-order valence-corrected chi connectivity index (χ3v) is 3.72. The van der Waals surface area contributed by atoms with E-state index in [0.29, 0.717) is 23.6 Å². The average Bonchev–Trinajstić information content (AvgIpc) is 2.91. The molecule has 0 radical (unpaired) electrons. The fraction of sp³-hybridized carbons (Fsp3) is 0.500. The molecule has 7 heteroatoms. The SMILES string of the molecule is CSCC[C@@](C)(O)CNC(=O)Nc1ccc2c(c1)OCO2. The molecule has 1 aromatic carbocycles. The van der Waals surface area contributed by atoms with E-state index in [1.54, 1.807) is 36.9 Å². The predicted molar refractivity (Wildman–Crippen MR) is 83.2 cm³/mol. The molecular weight excluding hydrogens is 292 g/mol. The maximum absolute atomic E-state index is 11.8. The first-order chi connectivity index (χ1) is 10.00. The van der Waals surface area contributed by atoms with Crippen LogP contribution in [0.3, 0.4) is 0 Å². The topological polar surface area (TPSA) is 79.8 Å². The number of thioether (sulfide) groups is 1. The first kappa shape index (κ1) is 15.8. The number of benzene rings is 1. The maximum Gasteiger partial charge on any atom is 0.319 e. The lowest BCUT2D eigenvalue weighted by Gasteiger charge is -2.23. The van der Waals surface area contributed by atoms with Crippen LogP contribution in [0.1, 0.15) is 13.3 Å². The number of fused-ring (bicyclic) bond motifs is 1. The van der Waals surface area contributed by atoms with Gasteiger partial charge in [0.2, 0.25) is 6.79 Å². The molecule has 1 aliphatic rings. The van der Waals surface area contributed by atoms with E-state index in [4.69, 9.17) is 9.47 Å². The number of rotatable bonds is 6. The fourth-order valence-corrected chi connectivity index (χ4v) is 2.47. The second kappa shape index (κ2) is 6.91. The lowest BCUT2D eigenvalue weighted by molar-refractivity contribution is 0.0599. The summed E-state index contributed by atoms with van der Waals surface area (Å²) in [5.74, 6) is 2.12. The highest BCUT2D eigenvalue weighted by Gasteiger charge is 2.21. The molecule has 0 saturated carbocycles. The summed E-state index contributed by atoms with van der Waals surface area (Å²) in [4.78, 5) is 11.8. The summed E-state index contributed by atoms with van der Waals surface area (Å²) in [5.41, 5.74) is -0.296. The van der Waals surface area contributed by atoms with Crippen LogP contribution in [-0.4, -0.2) is 42.1 Å². The number of hydrogen-bond donors (Lipinski definition) is 3. The number of anilines is 1. The normalized spacial score (nSPS) is 15.4. The van der Waals surface area contributed by atoms with Gasteiger partial charge in [0, 0.05) is 18.3 Å². The minimum atomic E-state index is -0.908. The van der Waals surface area contributed by atoms with Crippen LogP contribution in [0.25, 0.3) is 0 Å². The Balaban J connectivity index is 1.82. The number of nitrogens with one attached hydrogen (secondary N) is 2. The number of urea groups is 1. The fourth-order valence-electron chi connectivity index (χ4n) is 1.83. The van der Waals surface area contributed by atoms with Crippen molar-refractivity contribution in [3.63, 3.8) is 0 Å². The smallest absolute Gasteiger partial charge is 0.319 e. The largest absolute Gasteiger partial charge is 0.454 e. The van der Waals surface area contributed by atoms with Crippen molar-refractivity contribution in [3.8, 4) is 11.5 Å². The highest BCUT2D eigenvalue weighted by atomic mass is 32.2. The van der Waals surface area contributed by atoms with E-state index in [1.165, 1.54) is 0 Å². The van der Waals surface area contributed by atoms with Crippen LogP contribution in [0.15, 0.2) is 18.2 Å². The zero-order valence-electron chi connectivity index (χ0n) is 12.1. The van der Waals surface area contributed by atoms with Crippen LogP contribution in [0.4, 0.5) is 10.5 Å². The highest BCUT2D eigenvalue weighted by Crippen LogP contribution is 2.34. The zero-order valence-corrected chi connectivity index (χ0v) is 13.0. The molecule has 0 unspecified atom stereocenters. The highest BCUT2D eigenvalue weighted by molar-refractivity contribution is 7.98. The molecule has 1 aromatic rings. The molecule has 1 heterocycles. The summed E-state index contributed by atoms with van der Waals surface area (Å²) in [7, 11) is 0. The molecule has 21 heavy (non-hydrogen) atoms. The summed E-state index contributed by atoms with van der Waals surface area (Å²) in [6.45, 7) is 2.11. The molecule has 0 spiro atoms. The van der Waals surface area contributed by atoms with Gasteiger partial charge < -0.3 is 25.2 Å². The van der Waals surface area contributed by atoms with Gasteiger partial charge in [0.25, 0.3) is 0 Å². The summed E-state index contributed by atoms with van der Waals surface area (Å²) in [6, 6.07) is 4.82. The Hall–Kier alpha value is -1.60. The van der Waals surface area contributed by atoms with Crippen molar-refractivity contribution in [2.24, 2.45) is 0 Å². The second-order valence-corrected chi connectivity index (χ2v) is 6.10. The second-order valence-electron chi connectivity index (χ2n) is 5.12. The van der Waals surface area contributed by atoms with Gasteiger partial charge in [-0.2, -0.15) is 11.8 Å². The first-order valence-electron chi connectivity index (χ1n) is 6.66. The van der Waals surface area contributed by atoms with Crippen molar-refractivity contribution in [1.29, 1.82) is 0 Å². The molecule has 0 bridgehead atoms. The number of amides is 2. The van der Waals surface area contributed by atoms with E-state index in [-0.39, 0.29) is 19.4 Å². The maximum atomic E-state index is 11.8. The Kier molecular flexibility index (Phi) is 5.19. The molecule has 1 aliphatic heterocycles. The molecule has 1 atom stereocenters. The van der Waals surface area contributed by atoms with Gasteiger partial charge in [-0.15, -0.1) is 0 Å². The third-order valence-electron chi connectivity index (χ3n) is 3.10. The van der Waals surface area contributed by atoms with E-state index in [2.05, 4.69) is 10.6 Å². The number of carbonyl (C=O) groups excluding carboxylic acids is 1. The molecular formula is C14H20N2O4S. The van der Waals surface area contributed by atoms with E-state index in [0.717, 1.165) is 5.75 Å². The van der Waals surface area contributed by atoms with Gasteiger partial charge in [-0.25, -0.2) is 4.79 Å². The van der Waals surface area contributed by atoms with Gasteiger partial charge in [-0.3, -0.25) is 0 Å². The molecule has 2 amide bonds. The Bertz CT molecular complexity index is 508. The molecule has 116 valence electrons. The summed E-state index contributed by atoms with van der Waals surface area (Å²) >= 11 is 1.66.